The lowest BCUT2D eigenvalue weighted by atomic mass is 10.1. The summed E-state index contributed by atoms with van der Waals surface area (Å²) in [4.78, 5) is 27.3. The molecule has 0 radical (unpaired) electrons. The first-order valence-electron chi connectivity index (χ1n) is 9.98. The molecule has 0 saturated heterocycles. The van der Waals surface area contributed by atoms with Crippen LogP contribution in [0.15, 0.2) is 59.1 Å². The largest absolute Gasteiger partial charge is 0.354 e. The van der Waals surface area contributed by atoms with Crippen molar-refractivity contribution in [3.63, 3.8) is 0 Å². The molecule has 0 aromatic heterocycles. The number of nitrogens with one attached hydrogen (secondary N) is 1. The second-order valence-electron chi connectivity index (χ2n) is 7.22. The topological polar surface area (TPSA) is 86.8 Å². The van der Waals surface area contributed by atoms with Crippen molar-refractivity contribution in [1.82, 2.24) is 10.2 Å². The molecule has 0 heterocycles. The summed E-state index contributed by atoms with van der Waals surface area (Å²) in [7, 11) is -3.71. The van der Waals surface area contributed by atoms with Crippen LogP contribution < -0.4 is 9.62 Å². The SMILES string of the molecule is CCCNC(=O)[C@H](C)N(Cc1cccc(Br)c1)C(=O)CN(c1ccccc1)S(C)(=O)=O. The first-order chi connectivity index (χ1) is 14.6. The average Bonchev–Trinajstić information content (AvgIpc) is 2.73. The summed E-state index contributed by atoms with van der Waals surface area (Å²) in [6.45, 7) is 3.86. The molecule has 7 nitrogen and oxygen atoms in total. The standard InChI is InChI=1S/C22H28BrN3O4S/c1-4-13-24-22(28)17(2)25(15-18-9-8-10-19(23)14-18)21(27)16-26(31(3,29)30)20-11-6-5-7-12-20/h5-12,14,17H,4,13,15-16H2,1-3H3,(H,24,28)/t17-/m0/s1. The van der Waals surface area contributed by atoms with E-state index in [4.69, 9.17) is 0 Å². The molecule has 31 heavy (non-hydrogen) atoms. The highest BCUT2D eigenvalue weighted by molar-refractivity contribution is 9.10. The van der Waals surface area contributed by atoms with Crippen LogP contribution in [0.4, 0.5) is 5.69 Å². The number of carbonyl (C=O) groups is 2. The number of carbonyl (C=O) groups excluding carboxylic acids is 2. The number of sulfonamides is 1. The highest BCUT2D eigenvalue weighted by Crippen LogP contribution is 2.19. The van der Waals surface area contributed by atoms with Crippen LogP contribution in [0.5, 0.6) is 0 Å². The van der Waals surface area contributed by atoms with E-state index in [-0.39, 0.29) is 12.5 Å². The first kappa shape index (κ1) is 24.9. The Kier molecular flexibility index (Phi) is 9.06. The zero-order chi connectivity index (χ0) is 23.0. The molecular weight excluding hydrogens is 482 g/mol. The lowest BCUT2D eigenvalue weighted by molar-refractivity contribution is -0.139. The smallest absolute Gasteiger partial charge is 0.244 e. The molecule has 0 aliphatic heterocycles. The molecule has 1 atom stereocenters. The van der Waals surface area contributed by atoms with Crippen LogP contribution in [-0.4, -0.2) is 50.5 Å². The maximum Gasteiger partial charge on any atom is 0.244 e. The number of nitrogens with zero attached hydrogens (tertiary/aromatic N) is 2. The number of amides is 2. The Morgan fingerprint density at radius 3 is 2.35 bits per heavy atom. The number of hydrogen-bond donors (Lipinski definition) is 1. The van der Waals surface area contributed by atoms with Crippen LogP contribution in [0.25, 0.3) is 0 Å². The molecule has 2 aromatic rings. The van der Waals surface area contributed by atoms with Crippen LogP contribution in [0.1, 0.15) is 25.8 Å². The third-order valence-corrected chi connectivity index (χ3v) is 6.32. The van der Waals surface area contributed by atoms with E-state index in [2.05, 4.69) is 21.2 Å². The molecule has 1 N–H and O–H groups in total. The van der Waals surface area contributed by atoms with E-state index in [0.29, 0.717) is 12.2 Å². The van der Waals surface area contributed by atoms with Crippen molar-refractivity contribution in [2.45, 2.75) is 32.9 Å². The fourth-order valence-corrected chi connectivity index (χ4v) is 4.31. The van der Waals surface area contributed by atoms with Gasteiger partial charge in [0.1, 0.15) is 12.6 Å². The minimum atomic E-state index is -3.71. The van der Waals surface area contributed by atoms with Gasteiger partial charge < -0.3 is 10.2 Å². The number of halogens is 1. The molecule has 2 rings (SSSR count). The Morgan fingerprint density at radius 1 is 1.10 bits per heavy atom. The first-order valence-corrected chi connectivity index (χ1v) is 12.6. The Morgan fingerprint density at radius 2 is 1.77 bits per heavy atom. The van der Waals surface area contributed by atoms with Gasteiger partial charge in [-0.2, -0.15) is 0 Å². The van der Waals surface area contributed by atoms with E-state index in [9.17, 15) is 18.0 Å². The van der Waals surface area contributed by atoms with E-state index in [1.54, 1.807) is 37.3 Å². The van der Waals surface area contributed by atoms with Crippen molar-refractivity contribution in [3.8, 4) is 0 Å². The second kappa shape index (κ2) is 11.3. The molecule has 2 amide bonds. The monoisotopic (exact) mass is 509 g/mol. The Bertz CT molecular complexity index is 999. The molecule has 0 spiro atoms. The van der Waals surface area contributed by atoms with Gasteiger partial charge in [0.2, 0.25) is 21.8 Å². The van der Waals surface area contributed by atoms with Gasteiger partial charge in [0.15, 0.2) is 0 Å². The summed E-state index contributed by atoms with van der Waals surface area (Å²) in [6, 6.07) is 15.1. The third kappa shape index (κ3) is 7.36. The van der Waals surface area contributed by atoms with Crippen molar-refractivity contribution in [2.24, 2.45) is 0 Å². The van der Waals surface area contributed by atoms with Gasteiger partial charge in [-0.1, -0.05) is 53.2 Å². The second-order valence-corrected chi connectivity index (χ2v) is 10.0. The van der Waals surface area contributed by atoms with Gasteiger partial charge in [0, 0.05) is 17.6 Å². The van der Waals surface area contributed by atoms with Crippen molar-refractivity contribution in [3.05, 3.63) is 64.6 Å². The fraction of sp³-hybridized carbons (Fsp3) is 0.364. The van der Waals surface area contributed by atoms with Gasteiger partial charge in [-0.15, -0.1) is 0 Å². The maximum absolute atomic E-state index is 13.3. The molecule has 2 aromatic carbocycles. The van der Waals surface area contributed by atoms with Crippen LogP contribution in [0.3, 0.4) is 0 Å². The van der Waals surface area contributed by atoms with Gasteiger partial charge in [-0.3, -0.25) is 13.9 Å². The van der Waals surface area contributed by atoms with Gasteiger partial charge >= 0.3 is 0 Å². The zero-order valence-corrected chi connectivity index (χ0v) is 20.3. The summed E-state index contributed by atoms with van der Waals surface area (Å²) in [5.74, 6) is -0.746. The number of benzene rings is 2. The highest BCUT2D eigenvalue weighted by atomic mass is 79.9. The van der Waals surface area contributed by atoms with E-state index in [1.165, 1.54) is 4.90 Å². The van der Waals surface area contributed by atoms with Crippen molar-refractivity contribution in [1.29, 1.82) is 0 Å². The molecule has 0 unspecified atom stereocenters. The van der Waals surface area contributed by atoms with Gasteiger partial charge in [0.25, 0.3) is 0 Å². The van der Waals surface area contributed by atoms with E-state index >= 15 is 0 Å². The lowest BCUT2D eigenvalue weighted by Crippen LogP contribution is -2.51. The van der Waals surface area contributed by atoms with Crippen molar-refractivity contribution < 1.29 is 18.0 Å². The average molecular weight is 510 g/mol. The zero-order valence-electron chi connectivity index (χ0n) is 17.9. The number of para-hydroxylation sites is 1. The van der Waals surface area contributed by atoms with Crippen molar-refractivity contribution >= 4 is 43.5 Å². The molecule has 0 saturated carbocycles. The summed E-state index contributed by atoms with van der Waals surface area (Å²) in [5, 5.41) is 2.81. The minimum Gasteiger partial charge on any atom is -0.354 e. The summed E-state index contributed by atoms with van der Waals surface area (Å²) in [6.07, 6.45) is 1.83. The maximum atomic E-state index is 13.3. The highest BCUT2D eigenvalue weighted by Gasteiger charge is 2.29. The fourth-order valence-electron chi connectivity index (χ4n) is 3.02. The van der Waals surface area contributed by atoms with Crippen LogP contribution in [-0.2, 0) is 26.2 Å². The molecule has 0 aliphatic rings. The number of anilines is 1. The molecule has 0 aliphatic carbocycles. The molecule has 0 fully saturated rings. The number of rotatable bonds is 10. The third-order valence-electron chi connectivity index (χ3n) is 4.68. The molecule has 168 valence electrons. The number of hydrogen-bond acceptors (Lipinski definition) is 4. The van der Waals surface area contributed by atoms with E-state index in [1.807, 2.05) is 31.2 Å². The summed E-state index contributed by atoms with van der Waals surface area (Å²) in [5.41, 5.74) is 1.22. The summed E-state index contributed by atoms with van der Waals surface area (Å²) < 4.78 is 26.7. The Hall–Kier alpha value is -2.39. The Labute approximate surface area is 192 Å². The van der Waals surface area contributed by atoms with Crippen LogP contribution in [0.2, 0.25) is 0 Å². The normalized spacial score (nSPS) is 12.1. The summed E-state index contributed by atoms with van der Waals surface area (Å²) >= 11 is 3.42. The van der Waals surface area contributed by atoms with Gasteiger partial charge in [-0.05, 0) is 43.2 Å². The van der Waals surface area contributed by atoms with E-state index in [0.717, 1.165) is 27.0 Å². The van der Waals surface area contributed by atoms with E-state index < -0.39 is 28.5 Å². The van der Waals surface area contributed by atoms with Crippen molar-refractivity contribution in [2.75, 3.05) is 23.7 Å². The minimum absolute atomic E-state index is 0.172. The van der Waals surface area contributed by atoms with Crippen LogP contribution >= 0.6 is 15.9 Å². The molecule has 9 heteroatoms. The Balaban J connectivity index is 2.34. The molecule has 0 bridgehead atoms. The lowest BCUT2D eigenvalue weighted by Gasteiger charge is -2.31. The predicted molar refractivity (Wildman–Crippen MR) is 126 cm³/mol. The van der Waals surface area contributed by atoms with Gasteiger partial charge in [-0.25, -0.2) is 8.42 Å². The predicted octanol–water partition coefficient (Wildman–Crippen LogP) is 3.16. The quantitative estimate of drug-likeness (QED) is 0.532. The molecular formula is C22H28BrN3O4S. The van der Waals surface area contributed by atoms with Crippen LogP contribution in [0, 0.1) is 0 Å². The van der Waals surface area contributed by atoms with Gasteiger partial charge in [0.05, 0.1) is 11.9 Å².